The number of rotatable bonds is 5. The number of carboxylic acid groups (broad SMARTS) is 1. The molecule has 1 saturated heterocycles. The van der Waals surface area contributed by atoms with E-state index in [0.717, 1.165) is 42.0 Å². The molecule has 2 aromatic heterocycles. The average Bonchev–Trinajstić information content (AvgIpc) is 3.42. The van der Waals surface area contributed by atoms with E-state index in [1.165, 1.54) is 0 Å². The van der Waals surface area contributed by atoms with Gasteiger partial charge in [-0.2, -0.15) is 5.10 Å². The summed E-state index contributed by atoms with van der Waals surface area (Å²) >= 11 is 0. The minimum Gasteiger partial charge on any atom is -0.483 e. The number of nitrogens with zero attached hydrogens (tertiary/aromatic N) is 4. The molecule has 1 aliphatic heterocycles. The third kappa shape index (κ3) is 4.72. The van der Waals surface area contributed by atoms with Crippen LogP contribution in [0.5, 0.6) is 0 Å². The highest BCUT2D eigenvalue weighted by Crippen LogP contribution is 2.34. The molecule has 1 aromatic carbocycles. The van der Waals surface area contributed by atoms with Crippen molar-refractivity contribution in [2.75, 3.05) is 19.8 Å². The lowest BCUT2D eigenvalue weighted by molar-refractivity contribution is -0.122. The molecule has 154 valence electrons. The van der Waals surface area contributed by atoms with Gasteiger partial charge in [-0.1, -0.05) is 0 Å². The van der Waals surface area contributed by atoms with Gasteiger partial charge in [-0.25, -0.2) is 9.67 Å². The van der Waals surface area contributed by atoms with E-state index < -0.39 is 0 Å². The molecule has 0 radical (unpaired) electrons. The van der Waals surface area contributed by atoms with Crippen molar-refractivity contribution in [2.45, 2.75) is 26.3 Å². The second-order valence-electron chi connectivity index (χ2n) is 7.20. The molecular formula is C21H26N4O4. The van der Waals surface area contributed by atoms with Gasteiger partial charge in [-0.15, -0.1) is 0 Å². The number of aryl methyl sites for hydroxylation is 1. The summed E-state index contributed by atoms with van der Waals surface area (Å²) in [5.74, 6) is 0.939. The number of aliphatic hydroxyl groups is 1. The van der Waals surface area contributed by atoms with E-state index >= 15 is 0 Å². The fourth-order valence-corrected chi connectivity index (χ4v) is 3.68. The molecule has 0 amide bonds. The van der Waals surface area contributed by atoms with Crippen LogP contribution in [0.25, 0.3) is 17.1 Å². The van der Waals surface area contributed by atoms with Crippen molar-refractivity contribution in [1.82, 2.24) is 19.3 Å². The van der Waals surface area contributed by atoms with Crippen molar-refractivity contribution in [3.63, 3.8) is 0 Å². The van der Waals surface area contributed by atoms with Gasteiger partial charge in [0.25, 0.3) is 6.47 Å². The Morgan fingerprint density at radius 1 is 1.24 bits per heavy atom. The quantitative estimate of drug-likeness (QED) is 0.641. The van der Waals surface area contributed by atoms with Gasteiger partial charge in [0.1, 0.15) is 5.82 Å². The van der Waals surface area contributed by atoms with E-state index in [0.29, 0.717) is 13.2 Å². The Bertz CT molecular complexity index is 915. The Morgan fingerprint density at radius 3 is 2.62 bits per heavy atom. The first-order chi connectivity index (χ1) is 14.1. The number of hydrogen-bond donors (Lipinski definition) is 2. The van der Waals surface area contributed by atoms with Gasteiger partial charge in [0.05, 0.1) is 12.3 Å². The summed E-state index contributed by atoms with van der Waals surface area (Å²) < 4.78 is 9.50. The minimum absolute atomic E-state index is 0.128. The van der Waals surface area contributed by atoms with Gasteiger partial charge in [-0.05, 0) is 49.6 Å². The molecule has 0 aliphatic carbocycles. The number of carbonyl (C=O) groups is 1. The lowest BCUT2D eigenvalue weighted by atomic mass is 9.81. The number of hydrogen-bond acceptors (Lipinski definition) is 5. The topological polar surface area (TPSA) is 102 Å². The van der Waals surface area contributed by atoms with E-state index in [-0.39, 0.29) is 18.5 Å². The molecule has 1 fully saturated rings. The summed E-state index contributed by atoms with van der Waals surface area (Å²) in [6, 6.07) is 8.20. The first kappa shape index (κ1) is 20.8. The second-order valence-corrected chi connectivity index (χ2v) is 7.20. The van der Waals surface area contributed by atoms with Crippen LogP contribution in [0.15, 0.2) is 49.1 Å². The van der Waals surface area contributed by atoms with Gasteiger partial charge in [0.15, 0.2) is 0 Å². The smallest absolute Gasteiger partial charge is 0.290 e. The summed E-state index contributed by atoms with van der Waals surface area (Å²) in [6.45, 7) is 4.19. The summed E-state index contributed by atoms with van der Waals surface area (Å²) in [6.07, 6.45) is 9.30. The van der Waals surface area contributed by atoms with E-state index in [1.807, 2.05) is 29.3 Å². The van der Waals surface area contributed by atoms with E-state index in [4.69, 9.17) is 14.6 Å². The molecule has 8 heteroatoms. The zero-order valence-corrected chi connectivity index (χ0v) is 16.4. The third-order valence-corrected chi connectivity index (χ3v) is 5.33. The van der Waals surface area contributed by atoms with Crippen molar-refractivity contribution in [3.8, 4) is 17.1 Å². The first-order valence-electron chi connectivity index (χ1n) is 9.51. The van der Waals surface area contributed by atoms with Crippen molar-refractivity contribution in [1.29, 1.82) is 0 Å². The predicted molar refractivity (Wildman–Crippen MR) is 108 cm³/mol. The highest BCUT2D eigenvalue weighted by atomic mass is 16.5. The highest BCUT2D eigenvalue weighted by molar-refractivity contribution is 5.63. The lowest BCUT2D eigenvalue weighted by Crippen LogP contribution is -2.37. The number of benzene rings is 1. The first-order valence-corrected chi connectivity index (χ1v) is 9.51. The average molecular weight is 398 g/mol. The standard InChI is InChI=1S/C20H24N4O2.CH2O2/c1-16-13-17(24-9-2-7-22-24)3-4-18(16)19-21-8-10-23(19)14-20(15-25)5-11-26-12-6-20;2-1-3/h2-4,7-10,13,25H,5-6,11-12,14-15H2,1H3;1H,(H,2,3). The van der Waals surface area contributed by atoms with Crippen LogP contribution in [-0.2, 0) is 16.1 Å². The summed E-state index contributed by atoms with van der Waals surface area (Å²) in [4.78, 5) is 13.0. The zero-order valence-electron chi connectivity index (χ0n) is 16.4. The van der Waals surface area contributed by atoms with Gasteiger partial charge in [0.2, 0.25) is 0 Å². The number of aromatic nitrogens is 4. The Morgan fingerprint density at radius 2 is 2.00 bits per heavy atom. The van der Waals surface area contributed by atoms with Crippen molar-refractivity contribution >= 4 is 6.47 Å². The van der Waals surface area contributed by atoms with Crippen molar-refractivity contribution in [3.05, 3.63) is 54.6 Å². The van der Waals surface area contributed by atoms with Gasteiger partial charge in [-0.3, -0.25) is 4.79 Å². The number of ether oxygens (including phenoxy) is 1. The SMILES string of the molecule is Cc1cc(-n2cccn2)ccc1-c1nccn1CC1(CO)CCOCC1.O=CO. The predicted octanol–water partition coefficient (Wildman–Crippen LogP) is 2.53. The fourth-order valence-electron chi connectivity index (χ4n) is 3.68. The van der Waals surface area contributed by atoms with Crippen LogP contribution >= 0.6 is 0 Å². The molecule has 0 spiro atoms. The largest absolute Gasteiger partial charge is 0.483 e. The second kappa shape index (κ2) is 9.49. The van der Waals surface area contributed by atoms with Crippen LogP contribution in [0.1, 0.15) is 18.4 Å². The van der Waals surface area contributed by atoms with Crippen molar-refractivity contribution in [2.24, 2.45) is 5.41 Å². The molecular weight excluding hydrogens is 372 g/mol. The number of imidazole rings is 1. The van der Waals surface area contributed by atoms with Gasteiger partial charge < -0.3 is 19.5 Å². The molecule has 0 unspecified atom stereocenters. The van der Waals surface area contributed by atoms with Crippen LogP contribution in [-0.4, -0.2) is 55.8 Å². The van der Waals surface area contributed by atoms with Crippen LogP contribution < -0.4 is 0 Å². The molecule has 0 bridgehead atoms. The summed E-state index contributed by atoms with van der Waals surface area (Å²) in [7, 11) is 0. The number of aliphatic hydroxyl groups excluding tert-OH is 1. The van der Waals surface area contributed by atoms with E-state index in [9.17, 15) is 5.11 Å². The molecule has 3 aromatic rings. The van der Waals surface area contributed by atoms with E-state index in [2.05, 4.69) is 39.8 Å². The van der Waals surface area contributed by atoms with Gasteiger partial charge in [0, 0.05) is 55.5 Å². The summed E-state index contributed by atoms with van der Waals surface area (Å²) in [5, 5.41) is 21.2. The van der Waals surface area contributed by atoms with Crippen LogP contribution in [0.4, 0.5) is 0 Å². The molecule has 29 heavy (non-hydrogen) atoms. The summed E-state index contributed by atoms with van der Waals surface area (Å²) in [5.41, 5.74) is 3.16. The van der Waals surface area contributed by atoms with Crippen LogP contribution in [0, 0.1) is 12.3 Å². The fraction of sp³-hybridized carbons (Fsp3) is 0.381. The molecule has 0 atom stereocenters. The minimum atomic E-state index is -0.250. The maximum atomic E-state index is 10.00. The maximum Gasteiger partial charge on any atom is 0.290 e. The molecule has 0 saturated carbocycles. The molecule has 3 heterocycles. The lowest BCUT2D eigenvalue weighted by Gasteiger charge is -2.36. The highest BCUT2D eigenvalue weighted by Gasteiger charge is 2.33. The Labute approximate surface area is 169 Å². The van der Waals surface area contributed by atoms with Crippen LogP contribution in [0.2, 0.25) is 0 Å². The molecule has 1 aliphatic rings. The maximum absolute atomic E-state index is 10.00. The Hall–Kier alpha value is -2.97. The zero-order chi connectivity index (χ0) is 20.7. The molecule has 2 N–H and O–H groups in total. The molecule has 8 nitrogen and oxygen atoms in total. The van der Waals surface area contributed by atoms with Crippen molar-refractivity contribution < 1.29 is 19.7 Å². The third-order valence-electron chi connectivity index (χ3n) is 5.33. The Kier molecular flexibility index (Phi) is 6.79. The van der Waals surface area contributed by atoms with E-state index in [1.54, 1.807) is 6.20 Å². The van der Waals surface area contributed by atoms with Gasteiger partial charge >= 0.3 is 0 Å². The normalized spacial score (nSPS) is 15.4. The van der Waals surface area contributed by atoms with Crippen LogP contribution in [0.3, 0.4) is 0 Å². The Balaban J connectivity index is 0.000000755. The monoisotopic (exact) mass is 398 g/mol. The molecule has 4 rings (SSSR count).